The highest BCUT2D eigenvalue weighted by Crippen LogP contribution is 2.23. The number of hydrogen-bond donors (Lipinski definition) is 0. The first-order valence-electron chi connectivity index (χ1n) is 8.60. The fourth-order valence-corrected chi connectivity index (χ4v) is 3.29. The van der Waals surface area contributed by atoms with Gasteiger partial charge in [0.25, 0.3) is 5.96 Å². The van der Waals surface area contributed by atoms with Crippen LogP contribution in [0.5, 0.6) is 0 Å². The first-order chi connectivity index (χ1) is 12.0. The van der Waals surface area contributed by atoms with Gasteiger partial charge in [0.15, 0.2) is 5.03 Å². The molecule has 134 valence electrons. The van der Waals surface area contributed by atoms with Crippen molar-refractivity contribution in [3.05, 3.63) is 51.7 Å². The first kappa shape index (κ1) is 17.4. The summed E-state index contributed by atoms with van der Waals surface area (Å²) in [5.74, 6) is 1.26. The SMILES string of the molecule is Cc1cccc(C=CN2CCN(CC3COCC3C)C2=N[N+](=O)[O-])c1. The molecule has 2 heterocycles. The molecule has 2 aliphatic rings. The predicted octanol–water partition coefficient (Wildman–Crippen LogP) is 2.41. The van der Waals surface area contributed by atoms with Crippen molar-refractivity contribution < 1.29 is 9.77 Å². The highest BCUT2D eigenvalue weighted by atomic mass is 16.7. The van der Waals surface area contributed by atoms with Crippen molar-refractivity contribution in [2.24, 2.45) is 16.9 Å². The van der Waals surface area contributed by atoms with Gasteiger partial charge in [0.05, 0.1) is 6.61 Å². The van der Waals surface area contributed by atoms with Crippen LogP contribution in [0, 0.1) is 28.9 Å². The van der Waals surface area contributed by atoms with Crippen LogP contribution in [0.3, 0.4) is 0 Å². The van der Waals surface area contributed by atoms with Gasteiger partial charge in [-0.25, -0.2) is 10.1 Å². The molecule has 0 aromatic heterocycles. The van der Waals surface area contributed by atoms with Crippen LogP contribution in [0.4, 0.5) is 0 Å². The van der Waals surface area contributed by atoms with Crippen LogP contribution in [-0.4, -0.2) is 53.6 Å². The molecular weight excluding hydrogens is 320 g/mol. The summed E-state index contributed by atoms with van der Waals surface area (Å²) in [7, 11) is 0. The Labute approximate surface area is 147 Å². The molecule has 1 aromatic carbocycles. The number of guanidine groups is 1. The Morgan fingerprint density at radius 2 is 2.24 bits per heavy atom. The van der Waals surface area contributed by atoms with Crippen molar-refractivity contribution in [3.8, 4) is 0 Å². The Hall–Kier alpha value is -2.41. The summed E-state index contributed by atoms with van der Waals surface area (Å²) in [6.07, 6.45) is 3.85. The van der Waals surface area contributed by atoms with Crippen molar-refractivity contribution in [2.75, 3.05) is 32.8 Å². The minimum Gasteiger partial charge on any atom is -0.381 e. The Morgan fingerprint density at radius 3 is 2.92 bits per heavy atom. The summed E-state index contributed by atoms with van der Waals surface area (Å²) in [5, 5.41) is 14.0. The van der Waals surface area contributed by atoms with E-state index in [1.165, 1.54) is 5.56 Å². The van der Waals surface area contributed by atoms with Crippen LogP contribution in [0.2, 0.25) is 0 Å². The minimum atomic E-state index is -0.615. The molecule has 2 unspecified atom stereocenters. The second-order valence-corrected chi connectivity index (χ2v) is 6.78. The van der Waals surface area contributed by atoms with E-state index < -0.39 is 5.03 Å². The van der Waals surface area contributed by atoms with Gasteiger partial charge >= 0.3 is 0 Å². The zero-order chi connectivity index (χ0) is 17.8. The topological polar surface area (TPSA) is 71.2 Å². The van der Waals surface area contributed by atoms with Crippen LogP contribution >= 0.6 is 0 Å². The van der Waals surface area contributed by atoms with Gasteiger partial charge in [-0.05, 0) is 24.5 Å². The van der Waals surface area contributed by atoms with Crippen molar-refractivity contribution in [2.45, 2.75) is 13.8 Å². The molecule has 0 bridgehead atoms. The maximum Gasteiger partial charge on any atom is 0.278 e. The fraction of sp³-hybridized carbons (Fsp3) is 0.500. The molecule has 2 fully saturated rings. The number of hydrogen-bond acceptors (Lipinski definition) is 3. The lowest BCUT2D eigenvalue weighted by atomic mass is 9.98. The second kappa shape index (κ2) is 7.65. The average molecular weight is 344 g/mol. The van der Waals surface area contributed by atoms with Crippen LogP contribution < -0.4 is 0 Å². The number of ether oxygens (including phenoxy) is 1. The van der Waals surface area contributed by atoms with E-state index in [1.807, 2.05) is 47.2 Å². The third kappa shape index (κ3) is 4.36. The van der Waals surface area contributed by atoms with Gasteiger partial charge in [-0.1, -0.05) is 36.8 Å². The standard InChI is InChI=1S/C18H24N4O3/c1-14-4-3-5-16(10-14)6-7-20-8-9-21(18(20)19-22(23)24)11-17-13-25-12-15(17)2/h3-7,10,15,17H,8-9,11-13H2,1-2H3. The third-order valence-electron chi connectivity index (χ3n) is 4.78. The van der Waals surface area contributed by atoms with Crippen LogP contribution in [-0.2, 0) is 4.74 Å². The van der Waals surface area contributed by atoms with Crippen LogP contribution in [0.15, 0.2) is 35.6 Å². The summed E-state index contributed by atoms with van der Waals surface area (Å²) in [6, 6.07) is 8.13. The first-order valence-corrected chi connectivity index (χ1v) is 8.60. The van der Waals surface area contributed by atoms with Crippen molar-refractivity contribution >= 4 is 12.0 Å². The molecule has 2 atom stereocenters. The lowest BCUT2D eigenvalue weighted by Gasteiger charge is -2.23. The van der Waals surface area contributed by atoms with Crippen molar-refractivity contribution in [1.82, 2.24) is 9.80 Å². The zero-order valence-corrected chi connectivity index (χ0v) is 14.7. The molecule has 0 aliphatic carbocycles. The number of benzene rings is 1. The molecule has 2 saturated heterocycles. The van der Waals surface area contributed by atoms with Gasteiger partial charge in [0.1, 0.15) is 5.10 Å². The summed E-state index contributed by atoms with van der Waals surface area (Å²) >= 11 is 0. The Bertz CT molecular complexity index is 689. The molecule has 0 amide bonds. The van der Waals surface area contributed by atoms with Crippen LogP contribution in [0.25, 0.3) is 6.08 Å². The fourth-order valence-electron chi connectivity index (χ4n) is 3.29. The smallest absolute Gasteiger partial charge is 0.278 e. The predicted molar refractivity (Wildman–Crippen MR) is 96.4 cm³/mol. The molecule has 25 heavy (non-hydrogen) atoms. The van der Waals surface area contributed by atoms with E-state index in [2.05, 4.69) is 18.1 Å². The Morgan fingerprint density at radius 1 is 1.40 bits per heavy atom. The molecule has 0 spiro atoms. The van der Waals surface area contributed by atoms with Crippen molar-refractivity contribution in [1.29, 1.82) is 0 Å². The normalized spacial score (nSPS) is 25.4. The number of nitrogens with zero attached hydrogens (tertiary/aromatic N) is 4. The lowest BCUT2D eigenvalue weighted by Crippen LogP contribution is -2.37. The van der Waals surface area contributed by atoms with Crippen LogP contribution in [0.1, 0.15) is 18.1 Å². The van der Waals surface area contributed by atoms with Crippen molar-refractivity contribution in [3.63, 3.8) is 0 Å². The molecule has 0 radical (unpaired) electrons. The highest BCUT2D eigenvalue weighted by Gasteiger charge is 2.33. The summed E-state index contributed by atoms with van der Waals surface area (Å²) in [5.41, 5.74) is 2.25. The number of nitro groups is 1. The second-order valence-electron chi connectivity index (χ2n) is 6.78. The molecule has 7 heteroatoms. The average Bonchev–Trinajstić information content (AvgIpc) is 3.13. The van der Waals surface area contributed by atoms with Gasteiger partial charge in [-0.15, -0.1) is 0 Å². The third-order valence-corrected chi connectivity index (χ3v) is 4.78. The molecule has 3 rings (SSSR count). The van der Waals surface area contributed by atoms with E-state index in [0.29, 0.717) is 30.9 Å². The molecule has 2 aliphatic heterocycles. The monoisotopic (exact) mass is 344 g/mol. The number of hydrazone groups is 1. The minimum absolute atomic E-state index is 0.387. The van der Waals surface area contributed by atoms with E-state index in [4.69, 9.17) is 4.74 Å². The molecule has 0 N–H and O–H groups in total. The Balaban J connectivity index is 1.74. The van der Waals surface area contributed by atoms with Gasteiger partial charge < -0.3 is 14.5 Å². The summed E-state index contributed by atoms with van der Waals surface area (Å²) in [4.78, 5) is 14.8. The zero-order valence-electron chi connectivity index (χ0n) is 14.7. The number of rotatable bonds is 5. The maximum atomic E-state index is 11.0. The molecule has 1 aromatic rings. The molecule has 0 saturated carbocycles. The van der Waals surface area contributed by atoms with Gasteiger partial charge in [-0.3, -0.25) is 0 Å². The lowest BCUT2D eigenvalue weighted by molar-refractivity contribution is -0.486. The van der Waals surface area contributed by atoms with Gasteiger partial charge in [0, 0.05) is 38.4 Å². The molecule has 7 nitrogen and oxygen atoms in total. The van der Waals surface area contributed by atoms with Gasteiger partial charge in [0.2, 0.25) is 0 Å². The van der Waals surface area contributed by atoms with E-state index in [-0.39, 0.29) is 0 Å². The maximum absolute atomic E-state index is 11.0. The van der Waals surface area contributed by atoms with E-state index in [9.17, 15) is 10.1 Å². The van der Waals surface area contributed by atoms with E-state index >= 15 is 0 Å². The van der Waals surface area contributed by atoms with E-state index in [0.717, 1.165) is 25.3 Å². The van der Waals surface area contributed by atoms with Gasteiger partial charge in [-0.2, -0.15) is 0 Å². The highest BCUT2D eigenvalue weighted by molar-refractivity contribution is 5.83. The molecular formula is C18H24N4O3. The number of aryl methyl sites for hydroxylation is 1. The summed E-state index contributed by atoms with van der Waals surface area (Å²) in [6.45, 7) is 7.83. The quantitative estimate of drug-likeness (QED) is 0.606. The van der Waals surface area contributed by atoms with E-state index in [1.54, 1.807) is 0 Å². The largest absolute Gasteiger partial charge is 0.381 e. The summed E-state index contributed by atoms with van der Waals surface area (Å²) < 4.78 is 5.51. The Kier molecular flexibility index (Phi) is 5.33.